The molecule has 2 N–H and O–H groups in total. The number of rotatable bonds is 5. The van der Waals surface area contributed by atoms with E-state index in [0.29, 0.717) is 15.8 Å². The smallest absolute Gasteiger partial charge is 0.181 e. The average molecular weight is 444 g/mol. The molecule has 1 saturated heterocycles. The number of fused-ring (bicyclic) bond motifs is 1. The van der Waals surface area contributed by atoms with Gasteiger partial charge in [0.05, 0.1) is 11.7 Å². The molecule has 1 aromatic heterocycles. The fraction of sp³-hybridized carbons (Fsp3) is 0.500. The molecule has 0 radical (unpaired) electrons. The molecular formula is C22H26ClN5OS. The van der Waals surface area contributed by atoms with Crippen molar-refractivity contribution >= 4 is 35.0 Å². The molecule has 0 bridgehead atoms. The number of carbonyl (C=O) groups is 1. The quantitative estimate of drug-likeness (QED) is 0.710. The third-order valence-corrected chi connectivity index (χ3v) is 7.98. The van der Waals surface area contributed by atoms with Crippen LogP contribution in [0.5, 0.6) is 0 Å². The molecule has 1 aliphatic carbocycles. The van der Waals surface area contributed by atoms with E-state index < -0.39 is 5.54 Å². The van der Waals surface area contributed by atoms with Crippen LogP contribution in [0.15, 0.2) is 30.6 Å². The van der Waals surface area contributed by atoms with Gasteiger partial charge in [0.15, 0.2) is 5.78 Å². The predicted octanol–water partition coefficient (Wildman–Crippen LogP) is 3.30. The summed E-state index contributed by atoms with van der Waals surface area (Å²) < 4.78 is 0. The van der Waals surface area contributed by atoms with Gasteiger partial charge in [-0.15, -0.1) is 11.8 Å². The number of hydrogen-bond acceptors (Lipinski definition) is 7. The van der Waals surface area contributed by atoms with E-state index >= 15 is 0 Å². The van der Waals surface area contributed by atoms with Crippen LogP contribution in [0.4, 0.5) is 5.82 Å². The lowest BCUT2D eigenvalue weighted by Gasteiger charge is -2.41. The van der Waals surface area contributed by atoms with Crippen molar-refractivity contribution in [3.63, 3.8) is 0 Å². The molecule has 3 aliphatic rings. The molecule has 6 nitrogen and oxygen atoms in total. The molecule has 2 aromatic rings. The first kappa shape index (κ1) is 20.2. The predicted molar refractivity (Wildman–Crippen MR) is 121 cm³/mol. The lowest BCUT2D eigenvalue weighted by atomic mass is 9.94. The summed E-state index contributed by atoms with van der Waals surface area (Å²) in [4.78, 5) is 27.1. The number of benzene rings is 1. The zero-order valence-electron chi connectivity index (χ0n) is 17.1. The van der Waals surface area contributed by atoms with Gasteiger partial charge in [-0.05, 0) is 44.0 Å². The van der Waals surface area contributed by atoms with Gasteiger partial charge in [-0.3, -0.25) is 9.69 Å². The van der Waals surface area contributed by atoms with Gasteiger partial charge >= 0.3 is 0 Å². The number of halogens is 1. The lowest BCUT2D eigenvalue weighted by Crippen LogP contribution is -2.60. The number of thioether (sulfide) groups is 1. The number of nitrogens with zero attached hydrogens (tertiary/aromatic N) is 4. The molecule has 2 aliphatic heterocycles. The van der Waals surface area contributed by atoms with Crippen LogP contribution in [0.3, 0.4) is 0 Å². The molecule has 1 saturated carbocycles. The molecule has 0 amide bonds. The van der Waals surface area contributed by atoms with Crippen LogP contribution in [0.2, 0.25) is 5.02 Å². The van der Waals surface area contributed by atoms with Crippen molar-refractivity contribution < 1.29 is 4.79 Å². The van der Waals surface area contributed by atoms with Crippen LogP contribution in [0.1, 0.15) is 46.6 Å². The monoisotopic (exact) mass is 443 g/mol. The molecule has 2 atom stereocenters. The maximum atomic E-state index is 13.4. The Balaban J connectivity index is 1.34. The van der Waals surface area contributed by atoms with Gasteiger partial charge in [0, 0.05) is 58.9 Å². The first-order chi connectivity index (χ1) is 14.5. The van der Waals surface area contributed by atoms with Crippen molar-refractivity contribution in [2.45, 2.75) is 42.3 Å². The standard InChI is InChI=1S/C22H26ClN5OS/c1-14-18-17(12-30-14)25-13-26-21(18)28-10-8-27(9-11-28)20(22(24)6-7-22)19(29)15-2-4-16(23)5-3-15/h2-5,13-14,20H,6-12,24H2,1H3/t14-,20?/m0/s1. The van der Waals surface area contributed by atoms with Crippen molar-refractivity contribution in [2.75, 3.05) is 31.1 Å². The number of carbonyl (C=O) groups excluding carboxylic acids is 1. The van der Waals surface area contributed by atoms with Crippen molar-refractivity contribution in [1.82, 2.24) is 14.9 Å². The van der Waals surface area contributed by atoms with Crippen LogP contribution in [0, 0.1) is 0 Å². The molecule has 8 heteroatoms. The highest BCUT2D eigenvalue weighted by molar-refractivity contribution is 7.99. The summed E-state index contributed by atoms with van der Waals surface area (Å²) in [5.41, 5.74) is 9.31. The van der Waals surface area contributed by atoms with Crippen LogP contribution < -0.4 is 10.6 Å². The molecule has 30 heavy (non-hydrogen) atoms. The Bertz CT molecular complexity index is 957. The molecule has 158 valence electrons. The molecule has 5 rings (SSSR count). The maximum Gasteiger partial charge on any atom is 0.181 e. The first-order valence-corrected chi connectivity index (χ1v) is 11.9. The number of hydrogen-bond donors (Lipinski definition) is 1. The minimum Gasteiger partial charge on any atom is -0.354 e. The minimum atomic E-state index is -0.416. The molecule has 0 spiro atoms. The van der Waals surface area contributed by atoms with Crippen LogP contribution >= 0.6 is 23.4 Å². The highest BCUT2D eigenvalue weighted by Crippen LogP contribution is 2.44. The van der Waals surface area contributed by atoms with Gasteiger partial charge in [0.1, 0.15) is 12.1 Å². The Kier molecular flexibility index (Phi) is 5.25. The normalized spacial score (nSPS) is 23.8. The number of aromatic nitrogens is 2. The average Bonchev–Trinajstić information content (AvgIpc) is 3.38. The Morgan fingerprint density at radius 2 is 1.90 bits per heavy atom. The van der Waals surface area contributed by atoms with Crippen molar-refractivity contribution in [3.8, 4) is 0 Å². The fourth-order valence-corrected chi connectivity index (χ4v) is 5.84. The van der Waals surface area contributed by atoms with E-state index in [0.717, 1.165) is 56.3 Å². The molecule has 1 unspecified atom stereocenters. The summed E-state index contributed by atoms with van der Waals surface area (Å²) in [7, 11) is 0. The van der Waals surface area contributed by atoms with Gasteiger partial charge in [-0.1, -0.05) is 11.6 Å². The van der Waals surface area contributed by atoms with Crippen LogP contribution in [-0.2, 0) is 5.75 Å². The van der Waals surface area contributed by atoms with E-state index in [-0.39, 0.29) is 11.8 Å². The second-order valence-corrected chi connectivity index (χ2v) is 10.3. The second kappa shape index (κ2) is 7.79. The largest absolute Gasteiger partial charge is 0.354 e. The van der Waals surface area contributed by atoms with Crippen molar-refractivity contribution in [3.05, 3.63) is 52.4 Å². The Labute approximate surface area is 186 Å². The molecular weight excluding hydrogens is 418 g/mol. The molecule has 2 fully saturated rings. The van der Waals surface area contributed by atoms with Crippen molar-refractivity contribution in [2.24, 2.45) is 5.73 Å². The third kappa shape index (κ3) is 3.62. The van der Waals surface area contributed by atoms with E-state index in [1.807, 2.05) is 23.9 Å². The summed E-state index contributed by atoms with van der Waals surface area (Å²) in [6.07, 6.45) is 3.47. The van der Waals surface area contributed by atoms with Crippen LogP contribution in [0.25, 0.3) is 0 Å². The van der Waals surface area contributed by atoms with Gasteiger partial charge < -0.3 is 10.6 Å². The first-order valence-electron chi connectivity index (χ1n) is 10.5. The highest BCUT2D eigenvalue weighted by atomic mass is 35.5. The van der Waals surface area contributed by atoms with Gasteiger partial charge in [0.25, 0.3) is 0 Å². The van der Waals surface area contributed by atoms with Crippen molar-refractivity contribution in [1.29, 1.82) is 0 Å². The number of anilines is 1. The van der Waals surface area contributed by atoms with E-state index in [1.54, 1.807) is 18.5 Å². The lowest BCUT2D eigenvalue weighted by molar-refractivity contribution is 0.0750. The van der Waals surface area contributed by atoms with Gasteiger partial charge in [0.2, 0.25) is 0 Å². The Morgan fingerprint density at radius 3 is 2.57 bits per heavy atom. The zero-order valence-corrected chi connectivity index (χ0v) is 18.6. The van der Waals surface area contributed by atoms with E-state index in [1.165, 1.54) is 5.56 Å². The third-order valence-electron chi connectivity index (χ3n) is 6.55. The summed E-state index contributed by atoms with van der Waals surface area (Å²) in [5.74, 6) is 2.12. The fourth-order valence-electron chi connectivity index (χ4n) is 4.66. The van der Waals surface area contributed by atoms with E-state index in [9.17, 15) is 4.79 Å². The summed E-state index contributed by atoms with van der Waals surface area (Å²) >= 11 is 7.92. The number of piperazine rings is 1. The summed E-state index contributed by atoms with van der Waals surface area (Å²) in [6.45, 7) is 5.49. The Hall–Kier alpha value is -1.67. The SMILES string of the molecule is C[C@@H]1SCc2ncnc(N3CCN(C(C(=O)c4ccc(Cl)cc4)C4(N)CC4)CC3)c21. The number of nitrogens with two attached hydrogens (primary N) is 1. The van der Waals surface area contributed by atoms with Gasteiger partial charge in [-0.2, -0.15) is 0 Å². The summed E-state index contributed by atoms with van der Waals surface area (Å²) in [5, 5.41) is 1.06. The summed E-state index contributed by atoms with van der Waals surface area (Å²) in [6, 6.07) is 6.88. The minimum absolute atomic E-state index is 0.105. The number of ketones is 1. The zero-order chi connectivity index (χ0) is 20.9. The topological polar surface area (TPSA) is 75.4 Å². The van der Waals surface area contributed by atoms with Crippen LogP contribution in [-0.4, -0.2) is 58.4 Å². The van der Waals surface area contributed by atoms with E-state index in [2.05, 4.69) is 26.7 Å². The van der Waals surface area contributed by atoms with E-state index in [4.69, 9.17) is 17.3 Å². The number of Topliss-reactive ketones (excluding diaryl/α,β-unsaturated/α-hetero) is 1. The maximum absolute atomic E-state index is 13.4. The second-order valence-electron chi connectivity index (χ2n) is 8.54. The molecule has 1 aromatic carbocycles. The highest BCUT2D eigenvalue weighted by Gasteiger charge is 2.52. The Morgan fingerprint density at radius 1 is 1.20 bits per heavy atom. The van der Waals surface area contributed by atoms with Gasteiger partial charge in [-0.25, -0.2) is 9.97 Å². The molecule has 3 heterocycles.